The van der Waals surface area contributed by atoms with E-state index in [2.05, 4.69) is 36.2 Å². The van der Waals surface area contributed by atoms with E-state index in [1.165, 1.54) is 22.4 Å². The minimum absolute atomic E-state index is 0.193. The van der Waals surface area contributed by atoms with Crippen molar-refractivity contribution in [2.75, 3.05) is 24.8 Å². The lowest BCUT2D eigenvalue weighted by Gasteiger charge is -2.11. The Morgan fingerprint density at radius 2 is 2.09 bits per heavy atom. The molecule has 0 aliphatic heterocycles. The van der Waals surface area contributed by atoms with Crippen LogP contribution in [0.15, 0.2) is 47.5 Å². The molecule has 12 nitrogen and oxygen atoms in total. The fourth-order valence-corrected chi connectivity index (χ4v) is 3.38. The van der Waals surface area contributed by atoms with Gasteiger partial charge in [-0.3, -0.25) is 14.2 Å². The monoisotopic (exact) mass is 465 g/mol. The van der Waals surface area contributed by atoms with Gasteiger partial charge >= 0.3 is 0 Å². The molecule has 5 rings (SSSR count). The van der Waals surface area contributed by atoms with E-state index < -0.39 is 18.1 Å². The van der Waals surface area contributed by atoms with Crippen molar-refractivity contribution in [3.8, 4) is 11.7 Å². The Balaban J connectivity index is 1.49. The Morgan fingerprint density at radius 1 is 1.26 bits per heavy atom. The molecule has 34 heavy (non-hydrogen) atoms. The number of methoxy groups -OCH3 is 1. The number of alkyl halides is 1. The topological polar surface area (TPSA) is 140 Å². The van der Waals surface area contributed by atoms with Crippen LogP contribution in [0, 0.1) is 0 Å². The molecule has 3 N–H and O–H groups in total. The highest BCUT2D eigenvalue weighted by Gasteiger charge is 2.39. The first-order valence-electron chi connectivity index (χ1n) is 10.4. The number of amides is 1. The van der Waals surface area contributed by atoms with Crippen LogP contribution in [0.25, 0.3) is 11.5 Å². The van der Waals surface area contributed by atoms with E-state index in [4.69, 9.17) is 4.74 Å². The van der Waals surface area contributed by atoms with Gasteiger partial charge in [-0.05, 0) is 18.2 Å². The highest BCUT2D eigenvalue weighted by atomic mass is 19.1. The van der Waals surface area contributed by atoms with Crippen molar-refractivity contribution < 1.29 is 13.9 Å². The van der Waals surface area contributed by atoms with Gasteiger partial charge in [-0.1, -0.05) is 0 Å². The fourth-order valence-electron chi connectivity index (χ4n) is 3.38. The van der Waals surface area contributed by atoms with Crippen molar-refractivity contribution in [2.45, 2.75) is 18.6 Å². The Labute approximate surface area is 191 Å². The highest BCUT2D eigenvalue weighted by Crippen LogP contribution is 2.26. The average Bonchev–Trinajstić information content (AvgIpc) is 3.36. The van der Waals surface area contributed by atoms with E-state index in [1.807, 2.05) is 0 Å². The largest absolute Gasteiger partial charge is 0.480 e. The number of ether oxygens (including phenoxy) is 1. The number of carbonyl (C=O) groups excluding carboxylic acids is 1. The number of carbonyl (C=O) groups is 1. The molecule has 1 amide bonds. The van der Waals surface area contributed by atoms with Gasteiger partial charge in [0.05, 0.1) is 19.3 Å². The van der Waals surface area contributed by atoms with Gasteiger partial charge in [0, 0.05) is 31.8 Å². The molecule has 0 aromatic carbocycles. The molecule has 0 bridgehead atoms. The zero-order valence-electron chi connectivity index (χ0n) is 18.2. The highest BCUT2D eigenvalue weighted by molar-refractivity contribution is 6.00. The van der Waals surface area contributed by atoms with Gasteiger partial charge in [0.15, 0.2) is 11.5 Å². The summed E-state index contributed by atoms with van der Waals surface area (Å²) < 4.78 is 21.0. The summed E-state index contributed by atoms with van der Waals surface area (Å²) in [5.74, 6) is 1.00. The van der Waals surface area contributed by atoms with Crippen LogP contribution >= 0.6 is 0 Å². The van der Waals surface area contributed by atoms with Crippen molar-refractivity contribution in [1.82, 2.24) is 34.7 Å². The van der Waals surface area contributed by atoms with Crippen LogP contribution in [0.3, 0.4) is 0 Å². The lowest BCUT2D eigenvalue weighted by molar-refractivity contribution is 0.0949. The number of rotatable bonds is 7. The summed E-state index contributed by atoms with van der Waals surface area (Å²) in [7, 11) is 3.17. The molecular formula is C21H20FN9O3. The molecule has 13 heteroatoms. The first-order valence-corrected chi connectivity index (χ1v) is 10.4. The van der Waals surface area contributed by atoms with Crippen LogP contribution in [-0.2, 0) is 0 Å². The van der Waals surface area contributed by atoms with E-state index in [9.17, 15) is 14.0 Å². The number of hydrogen-bond donors (Lipinski definition) is 3. The lowest BCUT2D eigenvalue weighted by Crippen LogP contribution is -2.27. The Bertz CT molecular complexity index is 1430. The van der Waals surface area contributed by atoms with Crippen LogP contribution in [0.1, 0.15) is 16.8 Å². The number of fused-ring (bicyclic) bond motifs is 1. The first-order chi connectivity index (χ1) is 16.5. The Morgan fingerprint density at radius 3 is 2.76 bits per heavy atom. The summed E-state index contributed by atoms with van der Waals surface area (Å²) >= 11 is 0. The van der Waals surface area contributed by atoms with E-state index in [1.54, 1.807) is 43.6 Å². The number of halogens is 1. The van der Waals surface area contributed by atoms with Gasteiger partial charge in [-0.25, -0.2) is 9.37 Å². The Hall–Kier alpha value is -4.55. The van der Waals surface area contributed by atoms with Gasteiger partial charge in [0.2, 0.25) is 5.88 Å². The molecule has 4 heterocycles. The summed E-state index contributed by atoms with van der Waals surface area (Å²) in [4.78, 5) is 30.1. The van der Waals surface area contributed by atoms with E-state index in [0.29, 0.717) is 29.8 Å². The van der Waals surface area contributed by atoms with E-state index in [-0.39, 0.29) is 22.5 Å². The summed E-state index contributed by atoms with van der Waals surface area (Å²) in [5, 5.41) is 20.7. The van der Waals surface area contributed by atoms with Gasteiger partial charge < -0.3 is 20.7 Å². The lowest BCUT2D eigenvalue weighted by atomic mass is 10.3. The standard InChI is InChI=1S/C21H20FN9O3/c1-23-17-9-15(27-19-11(10-24-31(17)19)20(32)26-14-8-12(14)22)25-13-4-3-7-30(21(13)33)16-5-6-18(34-2)29-28-16/h3-7,9-10,12,14,23H,8H2,1-2H3,(H,25,27)(H,26,32)/t12-,14+/m0/s1. The quantitative estimate of drug-likeness (QED) is 0.368. The molecule has 0 spiro atoms. The number of hydrogen-bond acceptors (Lipinski definition) is 9. The minimum atomic E-state index is -1.03. The molecule has 1 aliphatic rings. The van der Waals surface area contributed by atoms with Crippen LogP contribution in [0.2, 0.25) is 0 Å². The molecule has 4 aromatic heterocycles. The molecule has 4 aromatic rings. The second-order valence-electron chi connectivity index (χ2n) is 7.56. The number of nitrogens with zero attached hydrogens (tertiary/aromatic N) is 6. The summed E-state index contributed by atoms with van der Waals surface area (Å²) in [6.45, 7) is 0. The van der Waals surface area contributed by atoms with Crippen molar-refractivity contribution >= 4 is 28.9 Å². The number of pyridine rings is 1. The SMILES string of the molecule is CNc1cc(Nc2cccn(-c3ccc(OC)nn3)c2=O)nc2c(C(=O)N[C@@H]3C[C@@H]3F)cnn12. The molecule has 0 saturated heterocycles. The van der Waals surface area contributed by atoms with Crippen molar-refractivity contribution in [3.63, 3.8) is 0 Å². The number of anilines is 3. The van der Waals surface area contributed by atoms with E-state index in [0.717, 1.165) is 0 Å². The van der Waals surface area contributed by atoms with Gasteiger partial charge in [0.25, 0.3) is 11.5 Å². The predicted molar refractivity (Wildman–Crippen MR) is 121 cm³/mol. The third-order valence-electron chi connectivity index (χ3n) is 5.29. The number of aromatic nitrogens is 6. The van der Waals surface area contributed by atoms with E-state index >= 15 is 0 Å². The maximum atomic E-state index is 13.2. The van der Waals surface area contributed by atoms with Crippen molar-refractivity contribution in [1.29, 1.82) is 0 Å². The van der Waals surface area contributed by atoms with Crippen LogP contribution in [0.4, 0.5) is 21.7 Å². The van der Waals surface area contributed by atoms with Crippen LogP contribution in [-0.4, -0.2) is 61.6 Å². The normalized spacial score (nSPS) is 16.8. The molecule has 1 aliphatic carbocycles. The molecule has 174 valence electrons. The Kier molecular flexibility index (Phi) is 5.28. The summed E-state index contributed by atoms with van der Waals surface area (Å²) in [6.07, 6.45) is 2.20. The predicted octanol–water partition coefficient (Wildman–Crippen LogP) is 1.30. The number of nitrogens with one attached hydrogen (secondary N) is 3. The fraction of sp³-hybridized carbons (Fsp3) is 0.238. The second-order valence-corrected chi connectivity index (χ2v) is 7.56. The molecule has 0 unspecified atom stereocenters. The third kappa shape index (κ3) is 3.87. The van der Waals surface area contributed by atoms with Gasteiger partial charge in [0.1, 0.15) is 29.1 Å². The maximum absolute atomic E-state index is 13.2. The maximum Gasteiger partial charge on any atom is 0.280 e. The van der Waals surface area contributed by atoms with Gasteiger partial charge in [-0.15, -0.1) is 10.2 Å². The van der Waals surface area contributed by atoms with Gasteiger partial charge in [-0.2, -0.15) is 9.61 Å². The molecule has 1 saturated carbocycles. The van der Waals surface area contributed by atoms with Crippen LogP contribution in [0.5, 0.6) is 5.88 Å². The minimum Gasteiger partial charge on any atom is -0.480 e. The summed E-state index contributed by atoms with van der Waals surface area (Å²) in [5.41, 5.74) is 0.282. The average molecular weight is 465 g/mol. The van der Waals surface area contributed by atoms with Crippen LogP contribution < -0.4 is 26.2 Å². The molecular weight excluding hydrogens is 445 g/mol. The summed E-state index contributed by atoms with van der Waals surface area (Å²) in [6, 6.07) is 7.63. The molecule has 2 atom stereocenters. The molecule has 1 fully saturated rings. The van der Waals surface area contributed by atoms with Crippen molar-refractivity contribution in [2.24, 2.45) is 0 Å². The smallest absolute Gasteiger partial charge is 0.280 e. The zero-order chi connectivity index (χ0) is 23.8. The third-order valence-corrected chi connectivity index (χ3v) is 5.29. The first kappa shape index (κ1) is 21.3. The zero-order valence-corrected chi connectivity index (χ0v) is 18.2. The van der Waals surface area contributed by atoms with Crippen molar-refractivity contribution in [3.05, 3.63) is 58.6 Å². The molecule has 0 radical (unpaired) electrons. The second kappa shape index (κ2) is 8.42.